The summed E-state index contributed by atoms with van der Waals surface area (Å²) in [6.07, 6.45) is 1.54. The number of Topliss-reactive ketones (excluding diaryl/α,β-unsaturated/α-hetero) is 2. The second-order valence-electron chi connectivity index (χ2n) is 13.4. The molecule has 0 fully saturated rings. The van der Waals surface area contributed by atoms with Crippen LogP contribution >= 0.6 is 11.8 Å². The molecule has 0 saturated heterocycles. The molecule has 5 aromatic carbocycles. The first-order chi connectivity index (χ1) is 30.0. The highest BCUT2D eigenvalue weighted by Crippen LogP contribution is 2.32. The average Bonchev–Trinajstić information content (AvgIpc) is 3.22. The topological polar surface area (TPSA) is 330 Å². The molecular formula is C39H27N5O15S5. The van der Waals surface area contributed by atoms with Gasteiger partial charge in [0.15, 0.2) is 0 Å². The van der Waals surface area contributed by atoms with E-state index in [1.54, 1.807) is 48.5 Å². The Morgan fingerprint density at radius 1 is 0.484 bits per heavy atom. The fourth-order valence-electron chi connectivity index (χ4n) is 6.05. The summed E-state index contributed by atoms with van der Waals surface area (Å²) in [7, 11) is -19.5. The van der Waals surface area contributed by atoms with Crippen molar-refractivity contribution >= 4 is 110 Å². The van der Waals surface area contributed by atoms with Crippen molar-refractivity contribution in [2.75, 3.05) is 16.2 Å². The molecule has 7 rings (SSSR count). The first kappa shape index (κ1) is 45.3. The molecule has 0 aromatic heterocycles. The van der Waals surface area contributed by atoms with Gasteiger partial charge in [-0.2, -0.15) is 43.9 Å². The third-order valence-electron chi connectivity index (χ3n) is 9.10. The van der Waals surface area contributed by atoms with Crippen LogP contribution in [0.15, 0.2) is 149 Å². The van der Waals surface area contributed by atoms with Crippen LogP contribution in [0.25, 0.3) is 12.2 Å². The minimum atomic E-state index is -5.06. The van der Waals surface area contributed by atoms with Gasteiger partial charge in [0.25, 0.3) is 46.4 Å². The van der Waals surface area contributed by atoms with Crippen LogP contribution in [0, 0.1) is 0 Å². The molecule has 5 aromatic rings. The maximum atomic E-state index is 13.0. The zero-order valence-electron chi connectivity index (χ0n) is 31.8. The van der Waals surface area contributed by atoms with Gasteiger partial charge in [0, 0.05) is 32.2 Å². The van der Waals surface area contributed by atoms with Gasteiger partial charge >= 0.3 is 0 Å². The molecule has 0 heterocycles. The number of hydrazone groups is 2. The van der Waals surface area contributed by atoms with E-state index in [0.29, 0.717) is 11.4 Å². The second-order valence-corrected chi connectivity index (χ2v) is 20.2. The maximum Gasteiger partial charge on any atom is 0.298 e. The van der Waals surface area contributed by atoms with E-state index in [4.69, 9.17) is 0 Å². The van der Waals surface area contributed by atoms with Crippen LogP contribution in [-0.4, -0.2) is 80.8 Å². The standard InChI is InChI=1S/C39H27N5O15S5/c45-37-33(63(54,55)56)19-22-17-29(61(48,49)50)13-15-31(22)35(37)43-41-25-3-1-21(2-4-25)39(47)40-24-5-9-27(10-6-24)60-28-11-7-26(8-12-28)42-44-36-32-16-14-30(62(51,52)53)18-23(32)20-34(38(36)46)64(57,58)59/h1-20,41-42H,(H,40,47)(H,48,49,50)(H,51,52,53)(H,54,55,56)(H,57,58,59)/b43-35-,44-36-. The zero-order valence-corrected chi connectivity index (χ0v) is 35.8. The van der Waals surface area contributed by atoms with Gasteiger partial charge in [-0.05, 0) is 120 Å². The number of amides is 1. The van der Waals surface area contributed by atoms with Crippen molar-refractivity contribution in [3.63, 3.8) is 0 Å². The van der Waals surface area contributed by atoms with Gasteiger partial charge in [-0.15, -0.1) is 0 Å². The van der Waals surface area contributed by atoms with Crippen LogP contribution < -0.4 is 16.2 Å². The molecule has 0 unspecified atom stereocenters. The predicted molar refractivity (Wildman–Crippen MR) is 233 cm³/mol. The average molecular weight is 966 g/mol. The Hall–Kier alpha value is -6.68. The molecule has 7 N–H and O–H groups in total. The van der Waals surface area contributed by atoms with E-state index in [-0.39, 0.29) is 33.5 Å². The highest BCUT2D eigenvalue weighted by Gasteiger charge is 2.35. The molecule has 2 aliphatic rings. The van der Waals surface area contributed by atoms with Gasteiger partial charge in [0.05, 0.1) is 21.2 Å². The molecule has 328 valence electrons. The van der Waals surface area contributed by atoms with Gasteiger partial charge in [0.1, 0.15) is 21.2 Å². The van der Waals surface area contributed by atoms with Crippen molar-refractivity contribution in [3.05, 3.63) is 147 Å². The number of anilines is 3. The second kappa shape index (κ2) is 17.1. The number of rotatable bonds is 12. The first-order valence-electron chi connectivity index (χ1n) is 17.6. The molecule has 20 nitrogen and oxygen atoms in total. The Balaban J connectivity index is 0.976. The minimum absolute atomic E-state index is 0.00222. The van der Waals surface area contributed by atoms with E-state index in [2.05, 4.69) is 26.4 Å². The summed E-state index contributed by atoms with van der Waals surface area (Å²) < 4.78 is 132. The number of fused-ring (bicyclic) bond motifs is 2. The number of hydrogen-bond acceptors (Lipinski definition) is 16. The molecule has 0 saturated carbocycles. The maximum absolute atomic E-state index is 13.0. The van der Waals surface area contributed by atoms with E-state index >= 15 is 0 Å². The molecule has 2 aliphatic carbocycles. The SMILES string of the molecule is O=C1C(S(=O)(=O)O)=Cc2cc(S(=O)(=O)O)ccc2/C1=N/Nc1ccc(Sc2ccc(NC(=O)c3ccc(N/N=C4\C(=O)C(S(=O)(=O)O)=Cc5cc(S(=O)(=O)O)ccc54)cc3)cc2)cc1. The first-order valence-corrected chi connectivity index (χ1v) is 24.2. The number of nitrogens with one attached hydrogen (secondary N) is 3. The summed E-state index contributed by atoms with van der Waals surface area (Å²) in [4.78, 5) is 37.3. The normalized spacial score (nSPS) is 15.5. The van der Waals surface area contributed by atoms with E-state index in [9.17, 15) is 66.3 Å². The Morgan fingerprint density at radius 3 is 1.23 bits per heavy atom. The summed E-state index contributed by atoms with van der Waals surface area (Å²) in [5.74, 6) is -2.82. The van der Waals surface area contributed by atoms with Crippen LogP contribution in [0.2, 0.25) is 0 Å². The van der Waals surface area contributed by atoms with E-state index < -0.39 is 89.0 Å². The lowest BCUT2D eigenvalue weighted by molar-refractivity contribution is -0.110. The summed E-state index contributed by atoms with van der Waals surface area (Å²) in [6, 6.07) is 25.4. The van der Waals surface area contributed by atoms with E-state index in [0.717, 1.165) is 58.3 Å². The smallest absolute Gasteiger partial charge is 0.298 e. The zero-order chi connectivity index (χ0) is 46.4. The highest BCUT2D eigenvalue weighted by atomic mass is 32.2. The van der Waals surface area contributed by atoms with Gasteiger partial charge in [0.2, 0.25) is 11.6 Å². The largest absolute Gasteiger partial charge is 0.322 e. The molecule has 64 heavy (non-hydrogen) atoms. The van der Waals surface area contributed by atoms with Gasteiger partial charge in [-0.1, -0.05) is 23.9 Å². The van der Waals surface area contributed by atoms with Crippen molar-refractivity contribution in [1.82, 2.24) is 0 Å². The fraction of sp³-hybridized carbons (Fsp3) is 0. The van der Waals surface area contributed by atoms with Crippen LogP contribution in [0.1, 0.15) is 32.6 Å². The molecule has 0 spiro atoms. The fourth-order valence-corrected chi connectivity index (χ4v) is 9.11. The summed E-state index contributed by atoms with van der Waals surface area (Å²) in [5.41, 5.74) is 5.39. The number of allylic oxidation sites excluding steroid dienone is 2. The monoisotopic (exact) mass is 965 g/mol. The van der Waals surface area contributed by atoms with Gasteiger partial charge in [-0.3, -0.25) is 43.4 Å². The number of benzene rings is 5. The number of carbonyl (C=O) groups excluding carboxylic acids is 3. The summed E-state index contributed by atoms with van der Waals surface area (Å²) in [6.45, 7) is 0. The number of hydrogen-bond donors (Lipinski definition) is 7. The molecule has 0 aliphatic heterocycles. The molecule has 25 heteroatoms. The number of nitrogens with zero attached hydrogens (tertiary/aromatic N) is 2. The van der Waals surface area contributed by atoms with Crippen molar-refractivity contribution < 1.29 is 66.3 Å². The Morgan fingerprint density at radius 2 is 0.859 bits per heavy atom. The van der Waals surface area contributed by atoms with Crippen LogP contribution in [0.5, 0.6) is 0 Å². The summed E-state index contributed by atoms with van der Waals surface area (Å²) >= 11 is 1.36. The van der Waals surface area contributed by atoms with Crippen LogP contribution in [-0.2, 0) is 50.1 Å². The third-order valence-corrected chi connectivity index (χ3v) is 13.5. The lowest BCUT2D eigenvalue weighted by atomic mass is 9.94. The van der Waals surface area contributed by atoms with Gasteiger partial charge < -0.3 is 5.32 Å². The lowest BCUT2D eigenvalue weighted by Gasteiger charge is -2.17. The Labute approximate surface area is 367 Å². The third kappa shape index (κ3) is 10.1. The molecule has 1 amide bonds. The molecule has 0 radical (unpaired) electrons. The molecule has 0 bridgehead atoms. The number of ketones is 2. The predicted octanol–water partition coefficient (Wildman–Crippen LogP) is 4.84. The van der Waals surface area contributed by atoms with Crippen molar-refractivity contribution in [2.24, 2.45) is 10.2 Å². The quantitative estimate of drug-likeness (QED) is 0.0650. The molecular weight excluding hydrogens is 939 g/mol. The van der Waals surface area contributed by atoms with Crippen LogP contribution in [0.4, 0.5) is 17.1 Å². The summed E-state index contributed by atoms with van der Waals surface area (Å²) in [5, 5.41) is 10.8. The van der Waals surface area contributed by atoms with Crippen molar-refractivity contribution in [2.45, 2.75) is 19.6 Å². The lowest BCUT2D eigenvalue weighted by Crippen LogP contribution is -2.27. The van der Waals surface area contributed by atoms with Crippen molar-refractivity contribution in [1.29, 1.82) is 0 Å². The molecule has 0 atom stereocenters. The van der Waals surface area contributed by atoms with Crippen molar-refractivity contribution in [3.8, 4) is 0 Å². The number of carbonyl (C=O) groups is 3. The Bertz CT molecular complexity index is 3410. The Kier molecular flexibility index (Phi) is 12.1. The van der Waals surface area contributed by atoms with Crippen LogP contribution in [0.3, 0.4) is 0 Å². The van der Waals surface area contributed by atoms with Gasteiger partial charge in [-0.25, -0.2) is 0 Å². The minimum Gasteiger partial charge on any atom is -0.322 e. The van der Waals surface area contributed by atoms with E-state index in [1.165, 1.54) is 36.0 Å². The van der Waals surface area contributed by atoms with E-state index in [1.807, 2.05) is 0 Å². The highest BCUT2D eigenvalue weighted by molar-refractivity contribution is 7.99.